The first kappa shape index (κ1) is 18.3. The van der Waals surface area contributed by atoms with Crippen molar-refractivity contribution in [2.24, 2.45) is 0 Å². The number of carboxylic acids is 2. The summed E-state index contributed by atoms with van der Waals surface area (Å²) >= 11 is 0. The van der Waals surface area contributed by atoms with E-state index in [4.69, 9.17) is 14.9 Å². The molecule has 0 aromatic heterocycles. The van der Waals surface area contributed by atoms with Gasteiger partial charge in [-0.25, -0.2) is 0 Å². The molecule has 6 heteroatoms. The second kappa shape index (κ2) is 9.30. The Labute approximate surface area is 133 Å². The summed E-state index contributed by atoms with van der Waals surface area (Å²) < 4.78 is 5.61. The van der Waals surface area contributed by atoms with E-state index in [-0.39, 0.29) is 12.8 Å². The summed E-state index contributed by atoms with van der Waals surface area (Å²) in [5, 5.41) is 27.3. The van der Waals surface area contributed by atoms with E-state index in [1.807, 2.05) is 30.3 Å². The maximum Gasteiger partial charge on any atom is 0.303 e. The van der Waals surface area contributed by atoms with Crippen LogP contribution in [-0.2, 0) is 9.59 Å². The molecule has 0 aliphatic carbocycles. The van der Waals surface area contributed by atoms with Gasteiger partial charge in [-0.1, -0.05) is 31.2 Å². The number of phenols is 1. The number of ether oxygens (including phenoxy) is 1. The molecule has 2 aromatic rings. The van der Waals surface area contributed by atoms with E-state index in [2.05, 4.69) is 6.92 Å². The van der Waals surface area contributed by atoms with Crippen molar-refractivity contribution >= 4 is 22.7 Å². The van der Waals surface area contributed by atoms with Crippen LogP contribution in [0.25, 0.3) is 10.8 Å². The van der Waals surface area contributed by atoms with Crippen molar-refractivity contribution in [1.29, 1.82) is 0 Å². The molecule has 6 nitrogen and oxygen atoms in total. The van der Waals surface area contributed by atoms with Gasteiger partial charge in [0.05, 0.1) is 19.4 Å². The average Bonchev–Trinajstić information content (AvgIpc) is 2.53. The molecule has 0 bridgehead atoms. The lowest BCUT2D eigenvalue weighted by atomic mass is 10.1. The topological polar surface area (TPSA) is 104 Å². The SMILES string of the molecule is CCCOc1ccc(O)c2ccccc12.O=C(O)CCC(=O)O. The Hall–Kier alpha value is -2.76. The maximum absolute atomic E-state index is 9.67. The number of carboxylic acid groups (broad SMARTS) is 2. The summed E-state index contributed by atoms with van der Waals surface area (Å²) in [5.41, 5.74) is 0. The number of fused-ring (bicyclic) bond motifs is 1. The zero-order valence-electron chi connectivity index (χ0n) is 12.9. The van der Waals surface area contributed by atoms with Gasteiger partial charge in [0.25, 0.3) is 0 Å². The number of aromatic hydroxyl groups is 1. The molecular weight excluding hydrogens is 300 g/mol. The number of carbonyl (C=O) groups is 2. The first-order valence-electron chi connectivity index (χ1n) is 7.22. The second-order valence-electron chi connectivity index (χ2n) is 4.76. The summed E-state index contributed by atoms with van der Waals surface area (Å²) in [6, 6.07) is 11.2. The summed E-state index contributed by atoms with van der Waals surface area (Å²) in [5.74, 6) is -1.01. The molecule has 0 radical (unpaired) electrons. The van der Waals surface area contributed by atoms with Crippen molar-refractivity contribution in [1.82, 2.24) is 0 Å². The van der Waals surface area contributed by atoms with Gasteiger partial charge in [0.2, 0.25) is 0 Å². The van der Waals surface area contributed by atoms with E-state index in [1.54, 1.807) is 6.07 Å². The lowest BCUT2D eigenvalue weighted by Crippen LogP contribution is -2.00. The highest BCUT2D eigenvalue weighted by molar-refractivity contribution is 5.92. The van der Waals surface area contributed by atoms with E-state index >= 15 is 0 Å². The van der Waals surface area contributed by atoms with Crippen molar-refractivity contribution in [2.75, 3.05) is 6.61 Å². The van der Waals surface area contributed by atoms with Crippen LogP contribution >= 0.6 is 0 Å². The lowest BCUT2D eigenvalue weighted by Gasteiger charge is -2.09. The molecular formula is C17H20O6. The van der Waals surface area contributed by atoms with Gasteiger partial charge in [0.15, 0.2) is 0 Å². The third-order valence-corrected chi connectivity index (χ3v) is 2.88. The van der Waals surface area contributed by atoms with Crippen LogP contribution in [0.15, 0.2) is 36.4 Å². The van der Waals surface area contributed by atoms with Crippen molar-refractivity contribution in [3.8, 4) is 11.5 Å². The van der Waals surface area contributed by atoms with Gasteiger partial charge in [0, 0.05) is 10.8 Å². The molecule has 0 unspecified atom stereocenters. The van der Waals surface area contributed by atoms with Gasteiger partial charge in [-0.05, 0) is 18.6 Å². The third-order valence-electron chi connectivity index (χ3n) is 2.88. The normalized spacial score (nSPS) is 9.78. The zero-order chi connectivity index (χ0) is 17.2. The van der Waals surface area contributed by atoms with E-state index in [9.17, 15) is 14.7 Å². The van der Waals surface area contributed by atoms with Crippen molar-refractivity contribution in [3.05, 3.63) is 36.4 Å². The largest absolute Gasteiger partial charge is 0.507 e. The average molecular weight is 320 g/mol. The predicted molar refractivity (Wildman–Crippen MR) is 85.9 cm³/mol. The van der Waals surface area contributed by atoms with Crippen molar-refractivity contribution in [3.63, 3.8) is 0 Å². The Kier molecular flexibility index (Phi) is 7.39. The minimum absolute atomic E-state index is 0.296. The second-order valence-corrected chi connectivity index (χ2v) is 4.76. The summed E-state index contributed by atoms with van der Waals surface area (Å²) in [6.45, 7) is 2.78. The quantitative estimate of drug-likeness (QED) is 0.754. The van der Waals surface area contributed by atoms with E-state index in [0.717, 1.165) is 22.9 Å². The van der Waals surface area contributed by atoms with Crippen LogP contribution in [0.4, 0.5) is 0 Å². The Morgan fingerprint density at radius 1 is 0.957 bits per heavy atom. The van der Waals surface area contributed by atoms with Crippen LogP contribution in [0.2, 0.25) is 0 Å². The molecule has 124 valence electrons. The standard InChI is InChI=1S/C13H14O2.C4H6O4/c1-2-9-15-13-8-7-12(14)10-5-3-4-6-11(10)13;5-3(6)1-2-4(7)8/h3-8,14H,2,9H2,1H3;1-2H2,(H,5,6)(H,7,8). The molecule has 3 N–H and O–H groups in total. The predicted octanol–water partition coefficient (Wildman–Crippen LogP) is 3.27. The first-order chi connectivity index (χ1) is 11.0. The molecule has 0 atom stereocenters. The lowest BCUT2D eigenvalue weighted by molar-refractivity contribution is -0.143. The fourth-order valence-electron chi connectivity index (χ4n) is 1.81. The number of rotatable bonds is 6. The highest BCUT2D eigenvalue weighted by atomic mass is 16.5. The first-order valence-corrected chi connectivity index (χ1v) is 7.22. The Morgan fingerprint density at radius 2 is 1.52 bits per heavy atom. The highest BCUT2D eigenvalue weighted by Gasteiger charge is 2.04. The van der Waals surface area contributed by atoms with E-state index in [1.165, 1.54) is 0 Å². The monoisotopic (exact) mass is 320 g/mol. The van der Waals surface area contributed by atoms with E-state index in [0.29, 0.717) is 12.4 Å². The Morgan fingerprint density at radius 3 is 2.04 bits per heavy atom. The number of aliphatic carboxylic acids is 2. The van der Waals surface area contributed by atoms with Gasteiger partial charge < -0.3 is 20.1 Å². The van der Waals surface area contributed by atoms with Gasteiger partial charge >= 0.3 is 11.9 Å². The summed E-state index contributed by atoms with van der Waals surface area (Å²) in [4.78, 5) is 19.3. The molecule has 0 amide bonds. The van der Waals surface area contributed by atoms with Crippen LogP contribution in [0.5, 0.6) is 11.5 Å². The number of hydrogen-bond donors (Lipinski definition) is 3. The van der Waals surface area contributed by atoms with Crippen molar-refractivity contribution < 1.29 is 29.6 Å². The van der Waals surface area contributed by atoms with Gasteiger partial charge in [-0.2, -0.15) is 0 Å². The number of hydrogen-bond acceptors (Lipinski definition) is 4. The zero-order valence-corrected chi connectivity index (χ0v) is 12.9. The maximum atomic E-state index is 9.67. The number of benzene rings is 2. The third kappa shape index (κ3) is 6.25. The minimum Gasteiger partial charge on any atom is -0.507 e. The van der Waals surface area contributed by atoms with E-state index < -0.39 is 11.9 Å². The molecule has 23 heavy (non-hydrogen) atoms. The van der Waals surface area contributed by atoms with Gasteiger partial charge in [0.1, 0.15) is 11.5 Å². The molecule has 0 spiro atoms. The van der Waals surface area contributed by atoms with Crippen LogP contribution in [0.1, 0.15) is 26.2 Å². The fraction of sp³-hybridized carbons (Fsp3) is 0.294. The Bertz CT molecular complexity index is 651. The molecule has 0 saturated carbocycles. The summed E-state index contributed by atoms with van der Waals surface area (Å²) in [7, 11) is 0. The Balaban J connectivity index is 0.000000284. The molecule has 2 aromatic carbocycles. The molecule has 0 saturated heterocycles. The smallest absolute Gasteiger partial charge is 0.303 e. The van der Waals surface area contributed by atoms with Gasteiger partial charge in [-0.15, -0.1) is 0 Å². The molecule has 0 aliphatic rings. The molecule has 0 aliphatic heterocycles. The van der Waals surface area contributed by atoms with Crippen LogP contribution in [0.3, 0.4) is 0 Å². The molecule has 2 rings (SSSR count). The highest BCUT2D eigenvalue weighted by Crippen LogP contribution is 2.32. The van der Waals surface area contributed by atoms with Crippen LogP contribution < -0.4 is 4.74 Å². The van der Waals surface area contributed by atoms with Crippen LogP contribution in [-0.4, -0.2) is 33.9 Å². The molecule has 0 fully saturated rings. The minimum atomic E-state index is -1.08. The summed E-state index contributed by atoms with van der Waals surface area (Å²) in [6.07, 6.45) is 0.389. The van der Waals surface area contributed by atoms with Crippen LogP contribution in [0, 0.1) is 0 Å². The van der Waals surface area contributed by atoms with Crippen molar-refractivity contribution in [2.45, 2.75) is 26.2 Å². The van der Waals surface area contributed by atoms with Gasteiger partial charge in [-0.3, -0.25) is 9.59 Å². The fourth-order valence-corrected chi connectivity index (χ4v) is 1.81. The number of phenolic OH excluding ortho intramolecular Hbond substituents is 1. The molecule has 0 heterocycles.